The van der Waals surface area contributed by atoms with Crippen LogP contribution in [0.15, 0.2) is 40.8 Å². The van der Waals surface area contributed by atoms with Gasteiger partial charge >= 0.3 is 0 Å². The molecular weight excluding hydrogens is 332 g/mol. The van der Waals surface area contributed by atoms with Crippen LogP contribution >= 0.6 is 23.4 Å². The number of nitrogens with zero attached hydrogens (tertiary/aromatic N) is 2. The van der Waals surface area contributed by atoms with Crippen molar-refractivity contribution in [3.05, 3.63) is 46.3 Å². The van der Waals surface area contributed by atoms with Crippen molar-refractivity contribution in [3.63, 3.8) is 0 Å². The van der Waals surface area contributed by atoms with Gasteiger partial charge in [-0.2, -0.15) is 0 Å². The minimum atomic E-state index is -0.0205. The smallest absolute Gasteiger partial charge is 0.266 e. The SMILES string of the molecule is C=CCOc1ccc(C=C2SC(=NCC)N(CC)C2=O)cc1Cl. The van der Waals surface area contributed by atoms with E-state index in [0.717, 1.165) is 10.7 Å². The number of halogens is 1. The van der Waals surface area contributed by atoms with Crippen molar-refractivity contribution in [2.24, 2.45) is 4.99 Å². The molecule has 23 heavy (non-hydrogen) atoms. The van der Waals surface area contributed by atoms with Gasteiger partial charge in [0.1, 0.15) is 12.4 Å². The number of benzene rings is 1. The van der Waals surface area contributed by atoms with Crippen LogP contribution in [-0.4, -0.2) is 35.7 Å². The maximum Gasteiger partial charge on any atom is 0.266 e. The molecule has 1 aromatic rings. The van der Waals surface area contributed by atoms with E-state index in [1.807, 2.05) is 26.0 Å². The minimum Gasteiger partial charge on any atom is -0.488 e. The van der Waals surface area contributed by atoms with Gasteiger partial charge in [0.15, 0.2) is 5.17 Å². The van der Waals surface area contributed by atoms with Gasteiger partial charge in [0.2, 0.25) is 0 Å². The summed E-state index contributed by atoms with van der Waals surface area (Å²) in [5.41, 5.74) is 0.852. The molecule has 0 aliphatic carbocycles. The summed E-state index contributed by atoms with van der Waals surface area (Å²) in [7, 11) is 0. The number of amides is 1. The van der Waals surface area contributed by atoms with Crippen molar-refractivity contribution in [2.45, 2.75) is 13.8 Å². The number of hydrogen-bond acceptors (Lipinski definition) is 4. The zero-order valence-electron chi connectivity index (χ0n) is 13.2. The molecule has 2 rings (SSSR count). The maximum absolute atomic E-state index is 12.4. The van der Waals surface area contributed by atoms with E-state index >= 15 is 0 Å². The number of hydrogen-bond donors (Lipinski definition) is 0. The number of ether oxygens (including phenoxy) is 1. The molecule has 1 saturated heterocycles. The Morgan fingerprint density at radius 3 is 2.83 bits per heavy atom. The summed E-state index contributed by atoms with van der Waals surface area (Å²) >= 11 is 7.60. The topological polar surface area (TPSA) is 41.9 Å². The summed E-state index contributed by atoms with van der Waals surface area (Å²) in [6.45, 7) is 9.16. The van der Waals surface area contributed by atoms with Gasteiger partial charge in [-0.05, 0) is 49.4 Å². The van der Waals surface area contributed by atoms with Crippen LogP contribution in [0.3, 0.4) is 0 Å². The summed E-state index contributed by atoms with van der Waals surface area (Å²) < 4.78 is 5.45. The number of amidine groups is 1. The molecule has 0 saturated carbocycles. The zero-order chi connectivity index (χ0) is 16.8. The lowest BCUT2D eigenvalue weighted by molar-refractivity contribution is -0.122. The van der Waals surface area contributed by atoms with Crippen molar-refractivity contribution in [1.82, 2.24) is 4.90 Å². The normalized spacial score (nSPS) is 18.0. The summed E-state index contributed by atoms with van der Waals surface area (Å²) in [6.07, 6.45) is 3.49. The predicted octanol–water partition coefficient (Wildman–Crippen LogP) is 4.22. The number of aliphatic imine (C=N–C) groups is 1. The molecule has 0 spiro atoms. The molecule has 0 N–H and O–H groups in total. The molecule has 4 nitrogen and oxygen atoms in total. The number of carbonyl (C=O) groups is 1. The number of thioether (sulfide) groups is 1. The molecule has 1 fully saturated rings. The van der Waals surface area contributed by atoms with Crippen molar-refractivity contribution in [2.75, 3.05) is 19.7 Å². The van der Waals surface area contributed by atoms with Gasteiger partial charge < -0.3 is 4.74 Å². The van der Waals surface area contributed by atoms with Gasteiger partial charge in [0.05, 0.1) is 9.93 Å². The summed E-state index contributed by atoms with van der Waals surface area (Å²) in [5.74, 6) is 0.579. The van der Waals surface area contributed by atoms with Gasteiger partial charge in [-0.1, -0.05) is 30.3 Å². The van der Waals surface area contributed by atoms with Crippen LogP contribution in [0.1, 0.15) is 19.4 Å². The lowest BCUT2D eigenvalue weighted by atomic mass is 10.2. The van der Waals surface area contributed by atoms with Crippen LogP contribution in [0, 0.1) is 0 Å². The largest absolute Gasteiger partial charge is 0.488 e. The Bertz CT molecular complexity index is 671. The Balaban J connectivity index is 2.25. The molecule has 1 aromatic carbocycles. The Morgan fingerprint density at radius 2 is 2.22 bits per heavy atom. The van der Waals surface area contributed by atoms with Crippen LogP contribution < -0.4 is 4.74 Å². The van der Waals surface area contributed by atoms with E-state index in [9.17, 15) is 4.79 Å². The third kappa shape index (κ3) is 4.18. The number of carbonyl (C=O) groups excluding carboxylic acids is 1. The van der Waals surface area contributed by atoms with Crippen LogP contribution in [0.5, 0.6) is 5.75 Å². The van der Waals surface area contributed by atoms with Crippen LogP contribution in [0.4, 0.5) is 0 Å². The third-order valence-electron chi connectivity index (χ3n) is 3.11. The average Bonchev–Trinajstić information content (AvgIpc) is 2.82. The van der Waals surface area contributed by atoms with Crippen molar-refractivity contribution in [3.8, 4) is 5.75 Å². The minimum absolute atomic E-state index is 0.0205. The maximum atomic E-state index is 12.4. The highest BCUT2D eigenvalue weighted by Crippen LogP contribution is 2.33. The third-order valence-corrected chi connectivity index (χ3v) is 4.45. The highest BCUT2D eigenvalue weighted by Gasteiger charge is 2.31. The van der Waals surface area contributed by atoms with E-state index in [1.165, 1.54) is 11.8 Å². The fourth-order valence-corrected chi connectivity index (χ4v) is 3.41. The second kappa shape index (κ2) is 8.22. The van der Waals surface area contributed by atoms with Gasteiger partial charge in [0, 0.05) is 13.1 Å². The first kappa shape index (κ1) is 17.6. The molecule has 1 aliphatic heterocycles. The molecule has 0 aromatic heterocycles. The Labute approximate surface area is 145 Å². The Hall–Kier alpha value is -1.72. The predicted molar refractivity (Wildman–Crippen MR) is 98.1 cm³/mol. The number of likely N-dealkylation sites (N-methyl/N-ethyl adjacent to an activating group) is 1. The van der Waals surface area contributed by atoms with Gasteiger partial charge in [-0.3, -0.25) is 14.7 Å². The highest BCUT2D eigenvalue weighted by atomic mass is 35.5. The van der Waals surface area contributed by atoms with E-state index in [1.54, 1.807) is 23.1 Å². The molecule has 0 radical (unpaired) electrons. The molecule has 122 valence electrons. The lowest BCUT2D eigenvalue weighted by Crippen LogP contribution is -2.28. The molecule has 0 bridgehead atoms. The van der Waals surface area contributed by atoms with Crippen LogP contribution in [0.25, 0.3) is 6.08 Å². The van der Waals surface area contributed by atoms with Gasteiger partial charge in [0.25, 0.3) is 5.91 Å². The lowest BCUT2D eigenvalue weighted by Gasteiger charge is -2.11. The molecule has 0 atom stereocenters. The zero-order valence-corrected chi connectivity index (χ0v) is 14.8. The van der Waals surface area contributed by atoms with Crippen molar-refractivity contribution < 1.29 is 9.53 Å². The van der Waals surface area contributed by atoms with E-state index < -0.39 is 0 Å². The van der Waals surface area contributed by atoms with Crippen LogP contribution in [-0.2, 0) is 4.79 Å². The molecular formula is C17H19ClN2O2S. The summed E-state index contributed by atoms with van der Waals surface area (Å²) in [5, 5.41) is 1.26. The van der Waals surface area contributed by atoms with E-state index in [-0.39, 0.29) is 5.91 Å². The second-order valence-electron chi connectivity index (χ2n) is 4.71. The highest BCUT2D eigenvalue weighted by molar-refractivity contribution is 8.18. The van der Waals surface area contributed by atoms with E-state index in [0.29, 0.717) is 35.4 Å². The summed E-state index contributed by atoms with van der Waals surface area (Å²) in [4.78, 5) is 19.1. The molecule has 1 amide bonds. The first-order valence-corrected chi connectivity index (χ1v) is 8.59. The summed E-state index contributed by atoms with van der Waals surface area (Å²) in [6, 6.07) is 5.45. The number of rotatable bonds is 6. The second-order valence-corrected chi connectivity index (χ2v) is 6.12. The van der Waals surface area contributed by atoms with Crippen molar-refractivity contribution >= 4 is 40.5 Å². The van der Waals surface area contributed by atoms with Gasteiger partial charge in [-0.25, -0.2) is 0 Å². The first-order chi connectivity index (χ1) is 11.1. The standard InChI is InChI=1S/C17H19ClN2O2S/c1-4-9-22-14-8-7-12(10-13(14)18)11-15-16(21)20(6-3)17(23-15)19-5-2/h4,7-8,10-11H,1,5-6,9H2,2-3H3. The van der Waals surface area contributed by atoms with E-state index in [2.05, 4.69) is 11.6 Å². The Kier molecular flexibility index (Phi) is 6.30. The average molecular weight is 351 g/mol. The van der Waals surface area contributed by atoms with Crippen molar-refractivity contribution in [1.29, 1.82) is 0 Å². The van der Waals surface area contributed by atoms with Crippen LogP contribution in [0.2, 0.25) is 5.02 Å². The molecule has 1 aliphatic rings. The Morgan fingerprint density at radius 1 is 1.43 bits per heavy atom. The van der Waals surface area contributed by atoms with E-state index in [4.69, 9.17) is 16.3 Å². The van der Waals surface area contributed by atoms with Gasteiger partial charge in [-0.15, -0.1) is 0 Å². The molecule has 0 unspecified atom stereocenters. The molecule has 1 heterocycles. The fraction of sp³-hybridized carbons (Fsp3) is 0.294. The monoisotopic (exact) mass is 350 g/mol. The first-order valence-electron chi connectivity index (χ1n) is 7.39. The fourth-order valence-electron chi connectivity index (χ4n) is 2.06. The quantitative estimate of drug-likeness (QED) is 0.570. The molecule has 6 heteroatoms.